The number of aromatic amines is 1. The van der Waals surface area contributed by atoms with Crippen LogP contribution in [0, 0.1) is 0 Å². The molecule has 2 saturated heterocycles. The number of hydrogen-bond acceptors (Lipinski definition) is 19. The van der Waals surface area contributed by atoms with Crippen molar-refractivity contribution in [3.63, 3.8) is 0 Å². The summed E-state index contributed by atoms with van der Waals surface area (Å²) in [7, 11) is -9.35. The third-order valence-corrected chi connectivity index (χ3v) is 12.1. The van der Waals surface area contributed by atoms with E-state index in [9.17, 15) is 33.0 Å². The molecule has 10 atom stereocenters. The first kappa shape index (κ1) is 46.7. The van der Waals surface area contributed by atoms with Crippen LogP contribution in [0.25, 0.3) is 11.2 Å². The summed E-state index contributed by atoms with van der Waals surface area (Å²) in [6.45, 7) is 6.61. The number of imidazole rings is 1. The first-order valence-corrected chi connectivity index (χ1v) is 22.1. The first-order chi connectivity index (χ1) is 29.2. The molecule has 0 amide bonds. The van der Waals surface area contributed by atoms with Crippen molar-refractivity contribution in [2.45, 2.75) is 96.3 Å². The van der Waals surface area contributed by atoms with Gasteiger partial charge in [0.25, 0.3) is 5.56 Å². The van der Waals surface area contributed by atoms with Crippen LogP contribution in [0.1, 0.15) is 54.0 Å². The Morgan fingerprint density at radius 2 is 1.95 bits per heavy atom. The zero-order valence-electron chi connectivity index (χ0n) is 34.1. The van der Waals surface area contributed by atoms with Gasteiger partial charge in [0.05, 0.1) is 38.9 Å². The Bertz CT molecular complexity index is 2450. The minimum Gasteiger partial charge on any atom is -0.476 e. The van der Waals surface area contributed by atoms with Gasteiger partial charge < -0.3 is 38.8 Å². The Kier molecular flexibility index (Phi) is 14.2. The number of benzene rings is 1. The molecule has 2 aliphatic rings. The van der Waals surface area contributed by atoms with E-state index in [2.05, 4.69) is 20.0 Å². The van der Waals surface area contributed by atoms with Crippen molar-refractivity contribution in [2.24, 2.45) is 0 Å². The molecule has 3 aromatic heterocycles. The highest BCUT2D eigenvalue weighted by molar-refractivity contribution is 7.52. The summed E-state index contributed by atoms with van der Waals surface area (Å²) in [5.41, 5.74) is 2.03. The van der Waals surface area contributed by atoms with E-state index in [0.717, 1.165) is 29.8 Å². The molecule has 62 heavy (non-hydrogen) atoms. The quantitative estimate of drug-likeness (QED) is 0.0775. The molecule has 0 aliphatic carbocycles. The number of ether oxygens (including phenoxy) is 4. The van der Waals surface area contributed by atoms with Crippen LogP contribution in [0.15, 0.2) is 52.4 Å². The largest absolute Gasteiger partial charge is 0.530 e. The maximum atomic E-state index is 16.8. The number of rotatable bonds is 19. The molecule has 27 heteroatoms. The molecule has 2 fully saturated rings. The number of anilines is 1. The van der Waals surface area contributed by atoms with E-state index in [-0.39, 0.29) is 41.1 Å². The predicted octanol–water partition coefficient (Wildman–Crippen LogP) is 3.25. The highest BCUT2D eigenvalue weighted by Crippen LogP contribution is 2.60. The Morgan fingerprint density at radius 3 is 2.63 bits per heavy atom. The Morgan fingerprint density at radius 1 is 1.21 bits per heavy atom. The summed E-state index contributed by atoms with van der Waals surface area (Å²) in [5.74, 6) is -1.43. The molecule has 5 heterocycles. The number of carbonyl (C=O) groups is 1. The van der Waals surface area contributed by atoms with E-state index in [4.69, 9.17) is 47.3 Å². The summed E-state index contributed by atoms with van der Waals surface area (Å²) < 4.78 is 112. The zero-order valence-corrected chi connectivity index (χ0v) is 35.9. The van der Waals surface area contributed by atoms with Crippen molar-refractivity contribution in [1.29, 1.82) is 0 Å². The maximum Gasteiger partial charge on any atom is 0.530 e. The molecular weight excluding hydrogens is 872 g/mol. The molecule has 340 valence electrons. The van der Waals surface area contributed by atoms with Gasteiger partial charge in [-0.05, 0) is 53.7 Å². The standard InChI is InChI=1S/C35H46F2N8O15P2/c1-7-52-29-26-28(41-33(38)42-29)45(17-39-26)32-35(6,37)27-24(57-32)16-54-62(51,60-27)59-22-10-8-9-21(13-22)58-61(50,43-20(5)31(48)55-18(2)3)53-15-23(14-46)56-30(19(4)36)44-12-11-25(47)40-34(44)49/h8-13,17-20,23-24,27,30,32,46H,7,14-16H2,1-6H3,(H,43,50)(H2,38,41,42)(H,40,47,49)/t19-,20-,23-,24+,27+,30+,32+,35+,61?,62?/m0/s1. The smallest absolute Gasteiger partial charge is 0.476 e. The molecule has 2 aliphatic heterocycles. The number of esters is 1. The third kappa shape index (κ3) is 10.5. The Balaban J connectivity index is 1.19. The van der Waals surface area contributed by atoms with Crippen LogP contribution in [-0.4, -0.2) is 109 Å². The highest BCUT2D eigenvalue weighted by atomic mass is 31.2. The highest BCUT2D eigenvalue weighted by Gasteiger charge is 2.62. The number of carbonyl (C=O) groups excluding carboxylic acids is 1. The summed E-state index contributed by atoms with van der Waals surface area (Å²) in [4.78, 5) is 51.1. The van der Waals surface area contributed by atoms with E-state index in [1.54, 1.807) is 20.8 Å². The number of alkyl halides is 2. The van der Waals surface area contributed by atoms with Crippen molar-refractivity contribution in [2.75, 3.05) is 32.2 Å². The van der Waals surface area contributed by atoms with Gasteiger partial charge in [0.1, 0.15) is 42.0 Å². The number of halogens is 2. The number of hydrogen-bond donors (Lipinski definition) is 4. The fourth-order valence-electron chi connectivity index (χ4n) is 6.31. The van der Waals surface area contributed by atoms with E-state index in [1.165, 1.54) is 42.9 Å². The second-order valence-electron chi connectivity index (χ2n) is 14.4. The number of nitrogen functional groups attached to an aromatic ring is 1. The number of aliphatic hydroxyl groups excluding tert-OH is 1. The molecule has 0 radical (unpaired) electrons. The number of H-pyrrole nitrogens is 1. The van der Waals surface area contributed by atoms with Crippen LogP contribution in [0.4, 0.5) is 14.7 Å². The lowest BCUT2D eigenvalue weighted by atomic mass is 9.98. The van der Waals surface area contributed by atoms with Crippen molar-refractivity contribution in [1.82, 2.24) is 34.2 Å². The van der Waals surface area contributed by atoms with Crippen LogP contribution >= 0.6 is 15.6 Å². The summed E-state index contributed by atoms with van der Waals surface area (Å²) >= 11 is 0. The van der Waals surface area contributed by atoms with E-state index >= 15 is 4.39 Å². The summed E-state index contributed by atoms with van der Waals surface area (Å²) in [6, 6.07) is 4.67. The fraction of sp³-hybridized carbons (Fsp3) is 0.543. The van der Waals surface area contributed by atoms with E-state index in [0.29, 0.717) is 0 Å². The average molecular weight is 919 g/mol. The van der Waals surface area contributed by atoms with Crippen LogP contribution in [0.2, 0.25) is 0 Å². The van der Waals surface area contributed by atoms with Crippen LogP contribution < -0.4 is 35.9 Å². The van der Waals surface area contributed by atoms with Gasteiger partial charge in [-0.1, -0.05) is 6.07 Å². The molecule has 23 nitrogen and oxygen atoms in total. The van der Waals surface area contributed by atoms with Crippen LogP contribution in [0.3, 0.4) is 0 Å². The van der Waals surface area contributed by atoms with Gasteiger partial charge in [0.2, 0.25) is 11.8 Å². The topological polar surface area (TPSA) is 291 Å². The molecule has 4 aromatic rings. The van der Waals surface area contributed by atoms with E-state index in [1.807, 2.05) is 4.98 Å². The summed E-state index contributed by atoms with van der Waals surface area (Å²) in [5, 5.41) is 12.5. The number of aromatic nitrogens is 6. The number of fused-ring (bicyclic) bond motifs is 2. The van der Waals surface area contributed by atoms with Crippen molar-refractivity contribution in [3.8, 4) is 17.4 Å². The van der Waals surface area contributed by atoms with Crippen molar-refractivity contribution >= 4 is 38.7 Å². The van der Waals surface area contributed by atoms with Gasteiger partial charge in [0, 0.05) is 18.3 Å². The zero-order chi connectivity index (χ0) is 45.1. The van der Waals surface area contributed by atoms with Gasteiger partial charge in [-0.2, -0.15) is 15.1 Å². The van der Waals surface area contributed by atoms with Crippen LogP contribution in [-0.2, 0) is 41.7 Å². The summed E-state index contributed by atoms with van der Waals surface area (Å²) in [6.07, 6.45) is -7.34. The number of aliphatic hydroxyl groups is 1. The molecular formula is C35H46F2N8O15P2. The number of phosphoric ester groups is 1. The first-order valence-electron chi connectivity index (χ1n) is 19.1. The number of nitrogens with two attached hydrogens (primary N) is 1. The minimum absolute atomic E-state index is 0.0817. The molecule has 1 aromatic carbocycles. The number of phosphoric acid groups is 1. The second kappa shape index (κ2) is 18.9. The molecule has 0 spiro atoms. The van der Waals surface area contributed by atoms with Gasteiger partial charge in [0.15, 0.2) is 29.3 Å². The average Bonchev–Trinajstić information content (AvgIpc) is 3.71. The van der Waals surface area contributed by atoms with Gasteiger partial charge in [-0.25, -0.2) is 27.7 Å². The fourth-order valence-corrected chi connectivity index (χ4v) is 9.30. The second-order valence-corrected chi connectivity index (χ2v) is 17.6. The lowest BCUT2D eigenvalue weighted by Crippen LogP contribution is -2.45. The molecule has 2 unspecified atom stereocenters. The molecule has 6 rings (SSSR count). The van der Waals surface area contributed by atoms with Gasteiger partial charge >= 0.3 is 27.2 Å². The van der Waals surface area contributed by atoms with Crippen molar-refractivity contribution < 1.29 is 69.4 Å². The Hall–Kier alpha value is -4.84. The lowest BCUT2D eigenvalue weighted by molar-refractivity contribution is -0.149. The lowest BCUT2D eigenvalue weighted by Gasteiger charge is -2.33. The predicted molar refractivity (Wildman–Crippen MR) is 211 cm³/mol. The maximum absolute atomic E-state index is 16.8. The van der Waals surface area contributed by atoms with Crippen molar-refractivity contribution in [3.05, 3.63) is 63.7 Å². The monoisotopic (exact) mass is 918 g/mol. The van der Waals surface area contributed by atoms with Crippen LogP contribution in [0.5, 0.6) is 17.4 Å². The number of nitrogens with one attached hydrogen (secondary N) is 2. The SMILES string of the molecule is CCOc1nc(N)nc2c1ncn2[C@@H]1O[C@@H]2COP(=O)(Oc3cccc(OP(=O)(N[C@@H](C)C(=O)OC(C)C)OC[C@H](CO)O[C@H]([C@H](C)F)n4ccc(=O)[nH]c4=O)c3)O[C@H]2[C@@]1(C)F. The van der Waals surface area contributed by atoms with E-state index < -0.39 is 107 Å². The normalized spacial score (nSPS) is 25.4. The number of nitrogens with zero attached hydrogens (tertiary/aromatic N) is 5. The molecule has 5 N–H and O–H groups in total. The Labute approximate surface area is 351 Å². The third-order valence-electron chi connectivity index (χ3n) is 9.05. The minimum atomic E-state index is -4.72. The van der Waals surface area contributed by atoms with Gasteiger partial charge in [-0.15, -0.1) is 0 Å². The molecule has 0 saturated carbocycles. The molecule has 0 bridgehead atoms. The van der Waals surface area contributed by atoms with Gasteiger partial charge in [-0.3, -0.25) is 37.3 Å².